The van der Waals surface area contributed by atoms with Crippen LogP contribution < -0.4 is 10.1 Å². The van der Waals surface area contributed by atoms with Crippen molar-refractivity contribution < 1.29 is 14.1 Å². The topological polar surface area (TPSA) is 77.3 Å². The fraction of sp³-hybridized carbons (Fsp3) is 0.211. The number of halogens is 1. The molecule has 0 saturated carbocycles. The molecule has 3 aromatic rings. The highest BCUT2D eigenvalue weighted by Gasteiger charge is 2.23. The van der Waals surface area contributed by atoms with Crippen LogP contribution >= 0.6 is 15.9 Å². The van der Waals surface area contributed by atoms with Gasteiger partial charge in [0.2, 0.25) is 5.88 Å². The van der Waals surface area contributed by atoms with Crippen LogP contribution in [0.3, 0.4) is 0 Å². The minimum Gasteiger partial charge on any atom is -0.473 e. The zero-order valence-electron chi connectivity index (χ0n) is 14.6. The summed E-state index contributed by atoms with van der Waals surface area (Å²) in [6.07, 6.45) is -0.0790. The molecule has 0 aliphatic heterocycles. The lowest BCUT2D eigenvalue weighted by Gasteiger charge is -2.14. The molecule has 7 heteroatoms. The Hall–Kier alpha value is -2.67. The molecular weight excluding hydrogens is 398 g/mol. The highest BCUT2D eigenvalue weighted by Crippen LogP contribution is 2.29. The molecule has 1 aromatic carbocycles. The van der Waals surface area contributed by atoms with E-state index in [1.807, 2.05) is 44.2 Å². The first-order chi connectivity index (χ1) is 12.5. The van der Waals surface area contributed by atoms with Crippen LogP contribution in [0.2, 0.25) is 0 Å². The molecule has 2 heterocycles. The molecule has 1 N–H and O–H groups in total. The smallest absolute Gasteiger partial charge is 0.261 e. The van der Waals surface area contributed by atoms with Crippen molar-refractivity contribution in [1.82, 2.24) is 10.1 Å². The SMILES string of the molecule is Cc1onc(-c2ccccc2)c1C(=O)Nc1ccc(Br)nc1OC(C)C. The van der Waals surface area contributed by atoms with Gasteiger partial charge in [-0.2, -0.15) is 0 Å². The number of aromatic nitrogens is 2. The Balaban J connectivity index is 1.94. The van der Waals surface area contributed by atoms with E-state index in [1.54, 1.807) is 19.1 Å². The van der Waals surface area contributed by atoms with Crippen molar-refractivity contribution in [2.75, 3.05) is 5.32 Å². The van der Waals surface area contributed by atoms with E-state index in [4.69, 9.17) is 9.26 Å². The van der Waals surface area contributed by atoms with Gasteiger partial charge in [0.05, 0.1) is 6.10 Å². The fourth-order valence-electron chi connectivity index (χ4n) is 2.44. The van der Waals surface area contributed by atoms with E-state index in [-0.39, 0.29) is 12.0 Å². The predicted octanol–water partition coefficient (Wildman–Crippen LogP) is 4.85. The summed E-state index contributed by atoms with van der Waals surface area (Å²) in [4.78, 5) is 17.2. The molecule has 0 bridgehead atoms. The molecule has 1 amide bonds. The molecule has 26 heavy (non-hydrogen) atoms. The van der Waals surface area contributed by atoms with Crippen LogP contribution in [0, 0.1) is 6.92 Å². The van der Waals surface area contributed by atoms with Crippen LogP contribution in [0.25, 0.3) is 11.3 Å². The summed E-state index contributed by atoms with van der Waals surface area (Å²) >= 11 is 3.32. The first-order valence-electron chi connectivity index (χ1n) is 8.12. The highest BCUT2D eigenvalue weighted by atomic mass is 79.9. The quantitative estimate of drug-likeness (QED) is 0.602. The monoisotopic (exact) mass is 415 g/mol. The molecule has 0 atom stereocenters. The van der Waals surface area contributed by atoms with Crippen molar-refractivity contribution >= 4 is 27.5 Å². The van der Waals surface area contributed by atoms with Gasteiger partial charge >= 0.3 is 0 Å². The van der Waals surface area contributed by atoms with Gasteiger partial charge in [0, 0.05) is 5.56 Å². The van der Waals surface area contributed by atoms with E-state index in [2.05, 4.69) is 31.4 Å². The number of aryl methyl sites for hydroxylation is 1. The van der Waals surface area contributed by atoms with Gasteiger partial charge < -0.3 is 14.6 Å². The highest BCUT2D eigenvalue weighted by molar-refractivity contribution is 9.10. The molecule has 0 saturated heterocycles. The Morgan fingerprint density at radius 2 is 1.92 bits per heavy atom. The molecule has 134 valence electrons. The summed E-state index contributed by atoms with van der Waals surface area (Å²) in [7, 11) is 0. The fourth-order valence-corrected chi connectivity index (χ4v) is 2.74. The number of pyridine rings is 1. The maximum Gasteiger partial charge on any atom is 0.261 e. The average molecular weight is 416 g/mol. The third-order valence-corrected chi connectivity index (χ3v) is 4.00. The van der Waals surface area contributed by atoms with E-state index in [0.29, 0.717) is 33.2 Å². The lowest BCUT2D eigenvalue weighted by molar-refractivity contribution is 0.102. The van der Waals surface area contributed by atoms with Crippen LogP contribution in [-0.2, 0) is 0 Å². The van der Waals surface area contributed by atoms with Crippen LogP contribution in [0.15, 0.2) is 51.6 Å². The summed E-state index contributed by atoms with van der Waals surface area (Å²) in [5.41, 5.74) is 2.17. The number of carbonyl (C=O) groups is 1. The van der Waals surface area contributed by atoms with Crippen LogP contribution in [0.4, 0.5) is 5.69 Å². The maximum absolute atomic E-state index is 12.9. The van der Waals surface area contributed by atoms with Crippen LogP contribution in [0.5, 0.6) is 5.88 Å². The lowest BCUT2D eigenvalue weighted by Crippen LogP contribution is -2.16. The zero-order chi connectivity index (χ0) is 18.7. The summed E-state index contributed by atoms with van der Waals surface area (Å²) in [5, 5.41) is 6.89. The summed E-state index contributed by atoms with van der Waals surface area (Å²) < 4.78 is 11.6. The molecular formula is C19H18BrN3O3. The van der Waals surface area contributed by atoms with Gasteiger partial charge in [-0.25, -0.2) is 4.98 Å². The maximum atomic E-state index is 12.9. The molecule has 0 aliphatic carbocycles. The molecule has 0 radical (unpaired) electrons. The number of anilines is 1. The average Bonchev–Trinajstić information content (AvgIpc) is 2.99. The minimum absolute atomic E-state index is 0.0790. The number of ether oxygens (including phenoxy) is 1. The van der Waals surface area contributed by atoms with Gasteiger partial charge in [-0.05, 0) is 48.8 Å². The zero-order valence-corrected chi connectivity index (χ0v) is 16.2. The number of benzene rings is 1. The van der Waals surface area contributed by atoms with Gasteiger partial charge in [-0.1, -0.05) is 35.5 Å². The first kappa shape index (κ1) is 18.1. The summed E-state index contributed by atoms with van der Waals surface area (Å²) in [5.74, 6) is 0.455. The molecule has 0 fully saturated rings. The predicted molar refractivity (Wildman–Crippen MR) is 102 cm³/mol. The van der Waals surface area contributed by atoms with Gasteiger partial charge in [-0.15, -0.1) is 0 Å². The molecule has 0 unspecified atom stereocenters. The van der Waals surface area contributed by atoms with Crippen molar-refractivity contribution in [3.63, 3.8) is 0 Å². The molecule has 0 aliphatic rings. The minimum atomic E-state index is -0.333. The second kappa shape index (κ2) is 7.70. The number of nitrogens with one attached hydrogen (secondary N) is 1. The normalized spacial score (nSPS) is 10.8. The van der Waals surface area contributed by atoms with Crippen LogP contribution in [0.1, 0.15) is 30.0 Å². The van der Waals surface area contributed by atoms with E-state index in [1.165, 1.54) is 0 Å². The van der Waals surface area contributed by atoms with Crippen molar-refractivity contribution in [2.45, 2.75) is 26.9 Å². The molecule has 0 spiro atoms. The number of nitrogens with zero attached hydrogens (tertiary/aromatic N) is 2. The second-order valence-electron chi connectivity index (χ2n) is 5.94. The van der Waals surface area contributed by atoms with E-state index in [0.717, 1.165) is 5.56 Å². The number of hydrogen-bond acceptors (Lipinski definition) is 5. The van der Waals surface area contributed by atoms with Gasteiger partial charge in [0.1, 0.15) is 27.3 Å². The Labute approximate surface area is 159 Å². The van der Waals surface area contributed by atoms with E-state index < -0.39 is 0 Å². The van der Waals surface area contributed by atoms with Crippen molar-refractivity contribution in [3.05, 3.63) is 58.4 Å². The third-order valence-electron chi connectivity index (χ3n) is 3.56. The van der Waals surface area contributed by atoms with Crippen molar-refractivity contribution in [2.24, 2.45) is 0 Å². The van der Waals surface area contributed by atoms with E-state index >= 15 is 0 Å². The Morgan fingerprint density at radius 3 is 2.62 bits per heavy atom. The van der Waals surface area contributed by atoms with Gasteiger partial charge in [0.25, 0.3) is 5.91 Å². The van der Waals surface area contributed by atoms with Gasteiger partial charge in [-0.3, -0.25) is 4.79 Å². The number of hydrogen-bond donors (Lipinski definition) is 1. The van der Waals surface area contributed by atoms with Crippen LogP contribution in [-0.4, -0.2) is 22.2 Å². The van der Waals surface area contributed by atoms with Crippen molar-refractivity contribution in [3.8, 4) is 17.1 Å². The third kappa shape index (κ3) is 3.94. The summed E-state index contributed by atoms with van der Waals surface area (Å²) in [6.45, 7) is 5.50. The van der Waals surface area contributed by atoms with E-state index in [9.17, 15) is 4.79 Å². The largest absolute Gasteiger partial charge is 0.473 e. The molecule has 2 aromatic heterocycles. The standard InChI is InChI=1S/C19H18BrN3O3/c1-11(2)25-19-14(9-10-15(20)22-19)21-18(24)16-12(3)26-23-17(16)13-7-5-4-6-8-13/h4-11H,1-3H3,(H,21,24). The lowest BCUT2D eigenvalue weighted by atomic mass is 10.1. The second-order valence-corrected chi connectivity index (χ2v) is 6.75. The van der Waals surface area contributed by atoms with Gasteiger partial charge in [0.15, 0.2) is 0 Å². The number of carbonyl (C=O) groups excluding carboxylic acids is 1. The molecule has 6 nitrogen and oxygen atoms in total. The summed E-state index contributed by atoms with van der Waals surface area (Å²) in [6, 6.07) is 12.9. The number of amides is 1. The Bertz CT molecular complexity index is 923. The Kier molecular flexibility index (Phi) is 5.37. The first-order valence-corrected chi connectivity index (χ1v) is 8.91. The number of rotatable bonds is 5. The molecule has 3 rings (SSSR count). The Morgan fingerprint density at radius 1 is 1.19 bits per heavy atom. The van der Waals surface area contributed by atoms with Crippen molar-refractivity contribution in [1.29, 1.82) is 0 Å².